The molecule has 7 heteroatoms. The molecule has 0 saturated carbocycles. The third-order valence-corrected chi connectivity index (χ3v) is 7.34. The Bertz CT molecular complexity index is 1410. The average Bonchev–Trinajstić information content (AvgIpc) is 3.46. The van der Waals surface area contributed by atoms with E-state index in [0.717, 1.165) is 34.2 Å². The Kier molecular flexibility index (Phi) is 14.3. The molecule has 0 N–H and O–H groups in total. The Balaban J connectivity index is 2.16. The van der Waals surface area contributed by atoms with Crippen LogP contribution >= 0.6 is 11.3 Å². The van der Waals surface area contributed by atoms with Crippen LogP contribution in [-0.2, 0) is 4.74 Å². The number of methoxy groups -OCH3 is 2. The number of ether oxygens (including phenoxy) is 2. The number of allylic oxidation sites excluding steroid dienone is 6. The molecule has 0 atom stereocenters. The minimum atomic E-state index is -0.235. The van der Waals surface area contributed by atoms with E-state index in [-0.39, 0.29) is 16.9 Å². The Morgan fingerprint density at radius 3 is 2.10 bits per heavy atom. The van der Waals surface area contributed by atoms with Gasteiger partial charge in [0.1, 0.15) is 24.0 Å². The Hall–Kier alpha value is -4.51. The molecule has 0 unspecified atom stereocenters. The first-order chi connectivity index (χ1) is 20.0. The average molecular weight is 567 g/mol. The van der Waals surface area contributed by atoms with Gasteiger partial charge in [-0.05, 0) is 67.8 Å². The van der Waals surface area contributed by atoms with E-state index in [1.165, 1.54) is 38.5 Å². The monoisotopic (exact) mass is 566 g/mol. The van der Waals surface area contributed by atoms with Crippen LogP contribution in [0.5, 0.6) is 5.75 Å². The van der Waals surface area contributed by atoms with Gasteiger partial charge >= 0.3 is 0 Å². The normalized spacial score (nSPS) is 11.7. The van der Waals surface area contributed by atoms with Gasteiger partial charge in [0, 0.05) is 40.2 Å². The van der Waals surface area contributed by atoms with Crippen LogP contribution in [0.15, 0.2) is 71.0 Å². The quantitative estimate of drug-likeness (QED) is 0.122. The summed E-state index contributed by atoms with van der Waals surface area (Å²) in [6.45, 7) is 8.29. The first-order valence-electron chi connectivity index (χ1n) is 13.7. The summed E-state index contributed by atoms with van der Waals surface area (Å²) in [5, 5.41) is 27.8. The molecule has 2 rings (SSSR count). The van der Waals surface area contributed by atoms with Crippen molar-refractivity contribution >= 4 is 35.3 Å². The molecule has 0 radical (unpaired) electrons. The fourth-order valence-electron chi connectivity index (χ4n) is 4.03. The van der Waals surface area contributed by atoms with Crippen molar-refractivity contribution in [2.24, 2.45) is 0 Å². The van der Waals surface area contributed by atoms with Gasteiger partial charge in [-0.15, -0.1) is 11.3 Å². The number of nitriles is 3. The zero-order valence-electron chi connectivity index (χ0n) is 24.6. The van der Waals surface area contributed by atoms with E-state index in [4.69, 9.17) is 20.0 Å². The molecule has 0 spiro atoms. The summed E-state index contributed by atoms with van der Waals surface area (Å²) >= 11 is 1.66. The summed E-state index contributed by atoms with van der Waals surface area (Å²) < 4.78 is 10.9. The lowest BCUT2D eigenvalue weighted by Gasteiger charge is -2.25. The highest BCUT2D eigenvalue weighted by molar-refractivity contribution is 7.13. The molecule has 2 aromatic rings. The maximum Gasteiger partial charge on any atom is 0.172 e. The maximum absolute atomic E-state index is 9.53. The molecule has 41 heavy (non-hydrogen) atoms. The third kappa shape index (κ3) is 9.87. The fraction of sp³-hybridized carbons (Fsp3) is 0.324. The number of benzene rings is 1. The number of nitrogens with zero attached hydrogens (tertiary/aromatic N) is 4. The minimum absolute atomic E-state index is 0.0186. The van der Waals surface area contributed by atoms with Crippen LogP contribution in [0.25, 0.3) is 18.2 Å². The van der Waals surface area contributed by atoms with Crippen molar-refractivity contribution in [2.45, 2.75) is 46.5 Å². The number of hydrogen-bond donors (Lipinski definition) is 0. The van der Waals surface area contributed by atoms with Crippen LogP contribution in [0.1, 0.15) is 61.8 Å². The number of thiophene rings is 1. The van der Waals surface area contributed by atoms with Gasteiger partial charge in [-0.1, -0.05) is 44.9 Å². The van der Waals surface area contributed by atoms with Crippen molar-refractivity contribution < 1.29 is 9.47 Å². The summed E-state index contributed by atoms with van der Waals surface area (Å²) in [6, 6.07) is 16.1. The lowest BCUT2D eigenvalue weighted by molar-refractivity contribution is 0.301. The Morgan fingerprint density at radius 2 is 1.54 bits per heavy atom. The van der Waals surface area contributed by atoms with Crippen LogP contribution in [-0.4, -0.2) is 27.3 Å². The SMILES string of the molecule is CCCCN(CCCC)c1ccc(/C=C/c2ccc(/C=C/C=C/C(C)=C(\C#N)C(OC)=C(C#N)C#N)s2)c(OC)c1. The van der Waals surface area contributed by atoms with Crippen molar-refractivity contribution in [3.05, 3.63) is 86.4 Å². The molecule has 1 heterocycles. The van der Waals surface area contributed by atoms with Crippen LogP contribution in [0, 0.1) is 34.0 Å². The molecule has 0 aliphatic heterocycles. The number of anilines is 1. The van der Waals surface area contributed by atoms with E-state index in [0.29, 0.717) is 5.57 Å². The van der Waals surface area contributed by atoms with Crippen molar-refractivity contribution in [1.29, 1.82) is 15.8 Å². The summed E-state index contributed by atoms with van der Waals surface area (Å²) in [6.07, 6.45) is 16.3. The zero-order chi connectivity index (χ0) is 30.0. The Morgan fingerprint density at radius 1 is 0.878 bits per heavy atom. The minimum Gasteiger partial charge on any atom is -0.496 e. The summed E-state index contributed by atoms with van der Waals surface area (Å²) in [5.41, 5.74) is 2.74. The van der Waals surface area contributed by atoms with Crippen molar-refractivity contribution in [3.63, 3.8) is 0 Å². The van der Waals surface area contributed by atoms with Crippen LogP contribution in [0.4, 0.5) is 5.69 Å². The molecule has 6 nitrogen and oxygen atoms in total. The number of rotatable bonds is 15. The van der Waals surface area contributed by atoms with Crippen molar-refractivity contribution in [2.75, 3.05) is 32.2 Å². The largest absolute Gasteiger partial charge is 0.496 e. The van der Waals surface area contributed by atoms with Crippen molar-refractivity contribution in [1.82, 2.24) is 0 Å². The predicted molar refractivity (Wildman–Crippen MR) is 170 cm³/mol. The zero-order valence-corrected chi connectivity index (χ0v) is 25.4. The van der Waals surface area contributed by atoms with Gasteiger partial charge in [-0.25, -0.2) is 0 Å². The molecule has 1 aromatic carbocycles. The lowest BCUT2D eigenvalue weighted by Crippen LogP contribution is -2.25. The molecule has 0 amide bonds. The van der Waals surface area contributed by atoms with Crippen LogP contribution in [0.3, 0.4) is 0 Å². The van der Waals surface area contributed by atoms with Gasteiger partial charge < -0.3 is 14.4 Å². The van der Waals surface area contributed by atoms with Gasteiger partial charge in [0.25, 0.3) is 0 Å². The van der Waals surface area contributed by atoms with Crippen molar-refractivity contribution in [3.8, 4) is 24.0 Å². The molecular weight excluding hydrogens is 528 g/mol. The predicted octanol–water partition coefficient (Wildman–Crippen LogP) is 8.69. The molecule has 0 saturated heterocycles. The Labute approximate surface area is 249 Å². The van der Waals surface area contributed by atoms with E-state index in [1.807, 2.05) is 24.3 Å². The first kappa shape index (κ1) is 32.7. The van der Waals surface area contributed by atoms with E-state index < -0.39 is 0 Å². The third-order valence-electron chi connectivity index (χ3n) is 6.33. The van der Waals surface area contributed by atoms with E-state index in [9.17, 15) is 5.26 Å². The fourth-order valence-corrected chi connectivity index (χ4v) is 4.86. The molecule has 0 bridgehead atoms. The summed E-state index contributed by atoms with van der Waals surface area (Å²) in [4.78, 5) is 4.65. The maximum atomic E-state index is 9.53. The standard InChI is InChI=1S/C34H38N4O2S/c1-6-8-20-38(21-9-7-2)29-16-14-27(33(22-29)39-4)15-17-31-19-18-30(41-31)13-11-10-12-26(3)32(25-37)34(40-5)28(23-35)24-36/h10-19,22H,6-9,20-21H2,1-5H3/b12-10+,13-11+,17-15+,32-26+. The second-order valence-electron chi connectivity index (χ2n) is 9.21. The number of unbranched alkanes of at least 4 members (excludes halogenated alkanes) is 2. The second-order valence-corrected chi connectivity index (χ2v) is 10.4. The molecule has 1 aromatic heterocycles. The first-order valence-corrected chi connectivity index (χ1v) is 14.5. The van der Waals surface area contributed by atoms with Gasteiger partial charge in [-0.2, -0.15) is 15.8 Å². The van der Waals surface area contributed by atoms with E-state index in [2.05, 4.69) is 61.2 Å². The van der Waals surface area contributed by atoms with Gasteiger partial charge in [0.15, 0.2) is 11.3 Å². The van der Waals surface area contributed by atoms with Gasteiger partial charge in [-0.3, -0.25) is 0 Å². The van der Waals surface area contributed by atoms with E-state index in [1.54, 1.807) is 43.6 Å². The summed E-state index contributed by atoms with van der Waals surface area (Å²) in [5.74, 6) is 0.844. The molecular formula is C34H38N4O2S. The highest BCUT2D eigenvalue weighted by atomic mass is 32.1. The van der Waals surface area contributed by atoms with Gasteiger partial charge in [0.2, 0.25) is 0 Å². The summed E-state index contributed by atoms with van der Waals surface area (Å²) in [7, 11) is 3.05. The lowest BCUT2D eigenvalue weighted by atomic mass is 10.1. The highest BCUT2D eigenvalue weighted by Crippen LogP contribution is 2.29. The van der Waals surface area contributed by atoms with Crippen LogP contribution in [0.2, 0.25) is 0 Å². The number of hydrogen-bond acceptors (Lipinski definition) is 7. The highest BCUT2D eigenvalue weighted by Gasteiger charge is 2.14. The second kappa shape index (κ2) is 18.0. The van der Waals surface area contributed by atoms with Gasteiger partial charge in [0.05, 0.1) is 19.8 Å². The molecule has 0 fully saturated rings. The van der Waals surface area contributed by atoms with Crippen LogP contribution < -0.4 is 9.64 Å². The van der Waals surface area contributed by atoms with E-state index >= 15 is 0 Å². The topological polar surface area (TPSA) is 93.1 Å². The molecule has 0 aliphatic carbocycles. The molecule has 0 aliphatic rings. The smallest absolute Gasteiger partial charge is 0.172 e. The molecule has 212 valence electrons.